The van der Waals surface area contributed by atoms with Gasteiger partial charge in [-0.1, -0.05) is 29.3 Å². The van der Waals surface area contributed by atoms with Gasteiger partial charge in [-0.3, -0.25) is 9.59 Å². The number of rotatable bonds is 3. The molecule has 4 nitrogen and oxygen atoms in total. The van der Waals surface area contributed by atoms with Crippen molar-refractivity contribution in [2.24, 2.45) is 0 Å². The summed E-state index contributed by atoms with van der Waals surface area (Å²) in [7, 11) is 0. The van der Waals surface area contributed by atoms with Crippen molar-refractivity contribution in [2.75, 3.05) is 6.54 Å². The summed E-state index contributed by atoms with van der Waals surface area (Å²) < 4.78 is 0. The second-order valence-electron chi connectivity index (χ2n) is 5.77. The van der Waals surface area contributed by atoms with Gasteiger partial charge in [0.05, 0.1) is 0 Å². The highest BCUT2D eigenvalue weighted by Crippen LogP contribution is 2.23. The van der Waals surface area contributed by atoms with E-state index in [1.54, 1.807) is 37.8 Å². The van der Waals surface area contributed by atoms with Crippen LogP contribution in [0.25, 0.3) is 0 Å². The van der Waals surface area contributed by atoms with Crippen LogP contribution in [-0.2, 0) is 16.0 Å². The number of carbonyl (C=O) groups is 2. The van der Waals surface area contributed by atoms with Crippen molar-refractivity contribution in [2.45, 2.75) is 38.8 Å². The fourth-order valence-corrected chi connectivity index (χ4v) is 2.91. The minimum Gasteiger partial charge on any atom is -0.340 e. The van der Waals surface area contributed by atoms with E-state index in [1.165, 1.54) is 0 Å². The Morgan fingerprint density at radius 3 is 2.57 bits per heavy atom. The molecular formula is C15H18Cl2N2O2. The van der Waals surface area contributed by atoms with Gasteiger partial charge in [0.2, 0.25) is 11.8 Å². The van der Waals surface area contributed by atoms with Crippen LogP contribution in [0.3, 0.4) is 0 Å². The lowest BCUT2D eigenvalue weighted by molar-refractivity contribution is -0.152. The van der Waals surface area contributed by atoms with Crippen molar-refractivity contribution in [3.63, 3.8) is 0 Å². The van der Waals surface area contributed by atoms with Crippen molar-refractivity contribution in [3.05, 3.63) is 33.8 Å². The van der Waals surface area contributed by atoms with Crippen molar-refractivity contribution in [3.8, 4) is 0 Å². The molecule has 0 radical (unpaired) electrons. The van der Waals surface area contributed by atoms with Crippen LogP contribution < -0.4 is 5.32 Å². The maximum absolute atomic E-state index is 12.4. The van der Waals surface area contributed by atoms with Crippen LogP contribution in [0, 0.1) is 0 Å². The quantitative estimate of drug-likeness (QED) is 0.927. The van der Waals surface area contributed by atoms with Crippen molar-refractivity contribution < 1.29 is 9.59 Å². The molecule has 6 heteroatoms. The molecule has 1 aromatic carbocycles. The summed E-state index contributed by atoms with van der Waals surface area (Å²) in [6, 6.07) is 4.81. The number of hydrogen-bond acceptors (Lipinski definition) is 2. The molecular weight excluding hydrogens is 311 g/mol. The predicted molar refractivity (Wildman–Crippen MR) is 83.6 cm³/mol. The van der Waals surface area contributed by atoms with Crippen LogP contribution >= 0.6 is 23.2 Å². The maximum Gasteiger partial charge on any atom is 0.248 e. The minimum absolute atomic E-state index is 0.0836. The van der Waals surface area contributed by atoms with E-state index in [9.17, 15) is 9.59 Å². The summed E-state index contributed by atoms with van der Waals surface area (Å²) in [5.41, 5.74) is 0.0396. The number of halogens is 2. The van der Waals surface area contributed by atoms with Gasteiger partial charge in [0.25, 0.3) is 0 Å². The molecule has 0 saturated carbocycles. The van der Waals surface area contributed by atoms with Gasteiger partial charge < -0.3 is 10.2 Å². The molecule has 1 fully saturated rings. The van der Waals surface area contributed by atoms with Crippen LogP contribution in [0.2, 0.25) is 10.0 Å². The highest BCUT2D eigenvalue weighted by atomic mass is 35.5. The molecule has 1 atom stereocenters. The Morgan fingerprint density at radius 2 is 1.95 bits per heavy atom. The zero-order valence-corrected chi connectivity index (χ0v) is 13.8. The van der Waals surface area contributed by atoms with Gasteiger partial charge in [0.15, 0.2) is 0 Å². The fraction of sp³-hybridized carbons (Fsp3) is 0.467. The number of hydrogen-bond donors (Lipinski definition) is 1. The Hall–Kier alpha value is -1.26. The molecule has 2 amide bonds. The third kappa shape index (κ3) is 3.33. The van der Waals surface area contributed by atoms with Gasteiger partial charge in [-0.15, -0.1) is 0 Å². The Labute approximate surface area is 134 Å². The lowest BCUT2D eigenvalue weighted by atomic mass is 9.97. The van der Waals surface area contributed by atoms with Gasteiger partial charge in [0.1, 0.15) is 11.6 Å². The third-order valence-electron chi connectivity index (χ3n) is 3.72. The first-order valence-corrected chi connectivity index (χ1v) is 7.55. The average molecular weight is 329 g/mol. The first kappa shape index (κ1) is 16.1. The molecule has 1 aliphatic heterocycles. The molecule has 0 aliphatic carbocycles. The molecule has 1 aromatic rings. The Morgan fingerprint density at radius 1 is 1.29 bits per heavy atom. The van der Waals surface area contributed by atoms with Gasteiger partial charge in [-0.05, 0) is 44.9 Å². The Bertz CT molecular complexity index is 587. The van der Waals surface area contributed by atoms with E-state index in [2.05, 4.69) is 5.32 Å². The third-order valence-corrected chi connectivity index (χ3v) is 4.30. The first-order chi connectivity index (χ1) is 9.72. The normalized spacial score (nSPS) is 21.4. The predicted octanol–water partition coefficient (Wildman–Crippen LogP) is 2.66. The Kier molecular flexibility index (Phi) is 4.49. The average Bonchev–Trinajstić information content (AvgIpc) is 2.38. The molecule has 0 aromatic heterocycles. The number of nitrogens with zero attached hydrogens (tertiary/aromatic N) is 1. The van der Waals surface area contributed by atoms with Crippen LogP contribution in [0.4, 0.5) is 0 Å². The summed E-state index contributed by atoms with van der Waals surface area (Å²) in [5.74, 6) is -0.221. The fourth-order valence-electron chi connectivity index (χ4n) is 2.40. The van der Waals surface area contributed by atoms with E-state index >= 15 is 0 Å². The van der Waals surface area contributed by atoms with Crippen molar-refractivity contribution in [1.29, 1.82) is 0 Å². The maximum atomic E-state index is 12.4. The molecule has 1 heterocycles. The first-order valence-electron chi connectivity index (χ1n) is 6.79. The summed E-state index contributed by atoms with van der Waals surface area (Å²) in [6.07, 6.45) is 0.579. The van der Waals surface area contributed by atoms with Crippen molar-refractivity contribution >= 4 is 35.0 Å². The molecule has 0 spiro atoms. The molecule has 1 unspecified atom stereocenters. The van der Waals surface area contributed by atoms with Crippen LogP contribution in [-0.4, -0.2) is 34.8 Å². The van der Waals surface area contributed by atoms with E-state index in [0.717, 1.165) is 5.56 Å². The summed E-state index contributed by atoms with van der Waals surface area (Å²) in [4.78, 5) is 26.0. The second-order valence-corrected chi connectivity index (χ2v) is 6.62. The monoisotopic (exact) mass is 328 g/mol. The SMILES string of the molecule is CC1C(=O)NC(C)(C)C(=O)N1CCc1ccc(Cl)cc1Cl. The Balaban J connectivity index is 2.13. The highest BCUT2D eigenvalue weighted by molar-refractivity contribution is 6.35. The molecule has 1 N–H and O–H groups in total. The minimum atomic E-state index is -0.868. The molecule has 0 bridgehead atoms. The number of amides is 2. The molecule has 21 heavy (non-hydrogen) atoms. The molecule has 1 aliphatic rings. The number of nitrogens with one attached hydrogen (secondary N) is 1. The number of benzene rings is 1. The standard InChI is InChI=1S/C15H18Cl2N2O2/c1-9-13(20)18-15(2,3)14(21)19(9)7-6-10-4-5-11(16)8-12(10)17/h4-5,8-9H,6-7H2,1-3H3,(H,18,20). The van der Waals surface area contributed by atoms with Crippen LogP contribution in [0.5, 0.6) is 0 Å². The lowest BCUT2D eigenvalue weighted by Crippen LogP contribution is -2.67. The number of carbonyl (C=O) groups excluding carboxylic acids is 2. The van der Waals surface area contributed by atoms with Gasteiger partial charge >= 0.3 is 0 Å². The summed E-state index contributed by atoms with van der Waals surface area (Å²) in [5, 5.41) is 3.88. The summed E-state index contributed by atoms with van der Waals surface area (Å²) in [6.45, 7) is 5.59. The van der Waals surface area contributed by atoms with E-state index in [-0.39, 0.29) is 11.8 Å². The molecule has 1 saturated heterocycles. The van der Waals surface area contributed by atoms with Gasteiger partial charge in [-0.2, -0.15) is 0 Å². The van der Waals surface area contributed by atoms with E-state index in [4.69, 9.17) is 23.2 Å². The largest absolute Gasteiger partial charge is 0.340 e. The zero-order chi connectivity index (χ0) is 15.8. The van der Waals surface area contributed by atoms with E-state index < -0.39 is 11.6 Å². The zero-order valence-electron chi connectivity index (χ0n) is 12.2. The van der Waals surface area contributed by atoms with Gasteiger partial charge in [-0.25, -0.2) is 0 Å². The molecule has 114 valence electrons. The van der Waals surface area contributed by atoms with Crippen molar-refractivity contribution in [1.82, 2.24) is 10.2 Å². The van der Waals surface area contributed by atoms with E-state index in [1.807, 2.05) is 6.07 Å². The summed E-state index contributed by atoms with van der Waals surface area (Å²) >= 11 is 12.0. The lowest BCUT2D eigenvalue weighted by Gasteiger charge is -2.41. The second kappa shape index (κ2) is 5.85. The number of piperazine rings is 1. The van der Waals surface area contributed by atoms with Crippen LogP contribution in [0.1, 0.15) is 26.3 Å². The highest BCUT2D eigenvalue weighted by Gasteiger charge is 2.42. The molecule has 2 rings (SSSR count). The van der Waals surface area contributed by atoms with Crippen LogP contribution in [0.15, 0.2) is 18.2 Å². The van der Waals surface area contributed by atoms with Gasteiger partial charge in [0, 0.05) is 16.6 Å². The smallest absolute Gasteiger partial charge is 0.248 e. The topological polar surface area (TPSA) is 49.4 Å². The van der Waals surface area contributed by atoms with E-state index in [0.29, 0.717) is 23.0 Å².